The highest BCUT2D eigenvalue weighted by atomic mass is 16.2. The Morgan fingerprint density at radius 2 is 2.23 bits per heavy atom. The Bertz CT molecular complexity index is 847. The number of likely N-dealkylation sites (N-methyl/N-ethyl adjacent to an activating group) is 1. The van der Waals surface area contributed by atoms with Crippen molar-refractivity contribution in [3.63, 3.8) is 0 Å². The maximum Gasteiger partial charge on any atom is 0.294 e. The van der Waals surface area contributed by atoms with E-state index in [9.17, 15) is 9.59 Å². The number of nitrogens with one attached hydrogen (secondary N) is 1. The standard InChI is InChI=1S/C18H26N6O2/c1-22(2)11-9-20-17(25)13-6-5-10-24(12-13)16-18(26)23(3)15-14(21-16)7-4-8-19-15/h4,7-8,13H,5-6,9-12H2,1-3H3,(H,20,25). The molecule has 1 fully saturated rings. The molecule has 1 aliphatic heterocycles. The Balaban J connectivity index is 1.77. The van der Waals surface area contributed by atoms with Gasteiger partial charge in [0.25, 0.3) is 5.56 Å². The molecule has 140 valence electrons. The zero-order valence-corrected chi connectivity index (χ0v) is 15.6. The molecule has 0 bridgehead atoms. The predicted octanol–water partition coefficient (Wildman–Crippen LogP) is 0.223. The first kappa shape index (κ1) is 18.3. The molecule has 1 aliphatic rings. The lowest BCUT2D eigenvalue weighted by molar-refractivity contribution is -0.125. The molecule has 1 amide bonds. The first-order valence-electron chi connectivity index (χ1n) is 8.96. The van der Waals surface area contributed by atoms with Crippen LogP contribution < -0.4 is 15.8 Å². The van der Waals surface area contributed by atoms with Gasteiger partial charge >= 0.3 is 0 Å². The number of hydrogen-bond acceptors (Lipinski definition) is 6. The Hall–Kier alpha value is -2.48. The summed E-state index contributed by atoms with van der Waals surface area (Å²) in [4.78, 5) is 37.9. The van der Waals surface area contributed by atoms with E-state index in [1.54, 1.807) is 19.3 Å². The second-order valence-corrected chi connectivity index (χ2v) is 7.03. The molecule has 2 aromatic rings. The van der Waals surface area contributed by atoms with Gasteiger partial charge in [-0.15, -0.1) is 0 Å². The predicted molar refractivity (Wildman–Crippen MR) is 101 cm³/mol. The van der Waals surface area contributed by atoms with Crippen molar-refractivity contribution < 1.29 is 4.79 Å². The van der Waals surface area contributed by atoms with Crippen molar-refractivity contribution in [2.75, 3.05) is 45.2 Å². The molecule has 0 saturated carbocycles. The molecule has 3 rings (SSSR count). The Morgan fingerprint density at radius 1 is 1.42 bits per heavy atom. The van der Waals surface area contributed by atoms with Gasteiger partial charge in [-0.25, -0.2) is 9.97 Å². The molecule has 1 N–H and O–H groups in total. The number of aromatic nitrogens is 3. The van der Waals surface area contributed by atoms with Gasteiger partial charge in [-0.05, 0) is 39.1 Å². The second-order valence-electron chi connectivity index (χ2n) is 7.03. The van der Waals surface area contributed by atoms with Crippen molar-refractivity contribution in [3.05, 3.63) is 28.7 Å². The topological polar surface area (TPSA) is 83.4 Å². The summed E-state index contributed by atoms with van der Waals surface area (Å²) in [5.41, 5.74) is 1.07. The number of carbonyl (C=O) groups excluding carboxylic acids is 1. The van der Waals surface area contributed by atoms with Crippen molar-refractivity contribution in [2.45, 2.75) is 12.8 Å². The molecule has 1 atom stereocenters. The number of aryl methyl sites for hydroxylation is 1. The minimum absolute atomic E-state index is 0.0517. The highest BCUT2D eigenvalue weighted by Crippen LogP contribution is 2.21. The number of fused-ring (bicyclic) bond motifs is 1. The lowest BCUT2D eigenvalue weighted by Gasteiger charge is -2.32. The summed E-state index contributed by atoms with van der Waals surface area (Å²) >= 11 is 0. The van der Waals surface area contributed by atoms with E-state index in [-0.39, 0.29) is 17.4 Å². The molecule has 0 spiro atoms. The van der Waals surface area contributed by atoms with E-state index in [2.05, 4.69) is 15.3 Å². The van der Waals surface area contributed by atoms with Crippen LogP contribution >= 0.6 is 0 Å². The molecule has 0 aromatic carbocycles. The fraction of sp³-hybridized carbons (Fsp3) is 0.556. The molecule has 8 heteroatoms. The third kappa shape index (κ3) is 3.85. The summed E-state index contributed by atoms with van der Waals surface area (Å²) in [6.45, 7) is 2.68. The smallest absolute Gasteiger partial charge is 0.294 e. The van der Waals surface area contributed by atoms with Crippen LogP contribution in [-0.2, 0) is 11.8 Å². The van der Waals surface area contributed by atoms with Crippen molar-refractivity contribution >= 4 is 22.9 Å². The fourth-order valence-electron chi connectivity index (χ4n) is 3.28. The number of hydrogen-bond donors (Lipinski definition) is 1. The third-order valence-electron chi connectivity index (χ3n) is 4.76. The average molecular weight is 358 g/mol. The lowest BCUT2D eigenvalue weighted by atomic mass is 9.97. The number of carbonyl (C=O) groups is 1. The number of rotatable bonds is 5. The molecule has 0 radical (unpaired) electrons. The molecule has 26 heavy (non-hydrogen) atoms. The highest BCUT2D eigenvalue weighted by Gasteiger charge is 2.28. The summed E-state index contributed by atoms with van der Waals surface area (Å²) in [5.74, 6) is 0.330. The monoisotopic (exact) mass is 358 g/mol. The molecule has 2 aromatic heterocycles. The van der Waals surface area contributed by atoms with E-state index in [1.807, 2.05) is 30.0 Å². The largest absolute Gasteiger partial charge is 0.355 e. The van der Waals surface area contributed by atoms with E-state index < -0.39 is 0 Å². The van der Waals surface area contributed by atoms with Crippen LogP contribution in [0.15, 0.2) is 23.1 Å². The maximum absolute atomic E-state index is 12.7. The van der Waals surface area contributed by atoms with Gasteiger partial charge in [0.2, 0.25) is 5.91 Å². The SMILES string of the molecule is CN(C)CCNC(=O)C1CCCN(c2nc3cccnc3n(C)c2=O)C1. The molecular weight excluding hydrogens is 332 g/mol. The molecule has 1 unspecified atom stereocenters. The van der Waals surface area contributed by atoms with Gasteiger partial charge in [0.15, 0.2) is 11.5 Å². The number of anilines is 1. The van der Waals surface area contributed by atoms with E-state index in [0.717, 1.165) is 25.9 Å². The number of amides is 1. The van der Waals surface area contributed by atoms with Gasteiger partial charge in [0.1, 0.15) is 5.52 Å². The highest BCUT2D eigenvalue weighted by molar-refractivity contribution is 5.79. The second kappa shape index (κ2) is 7.82. The molecule has 1 saturated heterocycles. The van der Waals surface area contributed by atoms with Crippen LogP contribution in [0.2, 0.25) is 0 Å². The van der Waals surface area contributed by atoms with Crippen LogP contribution in [0.1, 0.15) is 12.8 Å². The van der Waals surface area contributed by atoms with Crippen LogP contribution in [0, 0.1) is 5.92 Å². The van der Waals surface area contributed by atoms with Crippen LogP contribution in [0.3, 0.4) is 0 Å². The summed E-state index contributed by atoms with van der Waals surface area (Å²) in [5, 5.41) is 2.99. The molecular formula is C18H26N6O2. The van der Waals surface area contributed by atoms with Gasteiger partial charge in [0, 0.05) is 39.4 Å². The molecule has 0 aliphatic carbocycles. The number of piperidine rings is 1. The van der Waals surface area contributed by atoms with Crippen LogP contribution in [0.25, 0.3) is 11.2 Å². The van der Waals surface area contributed by atoms with E-state index in [4.69, 9.17) is 0 Å². The molecule has 8 nitrogen and oxygen atoms in total. The van der Waals surface area contributed by atoms with Gasteiger partial charge in [-0.1, -0.05) is 0 Å². The van der Waals surface area contributed by atoms with Crippen molar-refractivity contribution in [3.8, 4) is 0 Å². The van der Waals surface area contributed by atoms with Crippen LogP contribution in [-0.4, -0.2) is 65.6 Å². The van der Waals surface area contributed by atoms with Crippen molar-refractivity contribution in [2.24, 2.45) is 13.0 Å². The van der Waals surface area contributed by atoms with Gasteiger partial charge in [-0.3, -0.25) is 14.2 Å². The Morgan fingerprint density at radius 3 is 3.00 bits per heavy atom. The van der Waals surface area contributed by atoms with E-state index in [1.165, 1.54) is 4.57 Å². The van der Waals surface area contributed by atoms with Crippen molar-refractivity contribution in [1.29, 1.82) is 0 Å². The van der Waals surface area contributed by atoms with Gasteiger partial charge in [-0.2, -0.15) is 0 Å². The Kier molecular flexibility index (Phi) is 5.51. The summed E-state index contributed by atoms with van der Waals surface area (Å²) < 4.78 is 1.53. The first-order chi connectivity index (χ1) is 12.5. The maximum atomic E-state index is 12.7. The number of nitrogens with zero attached hydrogens (tertiary/aromatic N) is 5. The Labute approximate surface area is 152 Å². The van der Waals surface area contributed by atoms with E-state index >= 15 is 0 Å². The third-order valence-corrected chi connectivity index (χ3v) is 4.76. The van der Waals surface area contributed by atoms with Gasteiger partial charge in [0.05, 0.1) is 5.92 Å². The summed E-state index contributed by atoms with van der Waals surface area (Å²) in [7, 11) is 5.66. The minimum atomic E-state index is -0.176. The van der Waals surface area contributed by atoms with E-state index in [0.29, 0.717) is 30.1 Å². The van der Waals surface area contributed by atoms with Crippen LogP contribution in [0.5, 0.6) is 0 Å². The minimum Gasteiger partial charge on any atom is -0.355 e. The normalized spacial score (nSPS) is 17.7. The summed E-state index contributed by atoms with van der Waals surface area (Å²) in [6.07, 6.45) is 3.35. The lowest BCUT2D eigenvalue weighted by Crippen LogP contribution is -2.46. The van der Waals surface area contributed by atoms with Gasteiger partial charge < -0.3 is 15.1 Å². The number of pyridine rings is 1. The van der Waals surface area contributed by atoms with Crippen molar-refractivity contribution in [1.82, 2.24) is 24.8 Å². The average Bonchev–Trinajstić information content (AvgIpc) is 2.64. The first-order valence-corrected chi connectivity index (χ1v) is 8.96. The van der Waals surface area contributed by atoms with Crippen LogP contribution in [0.4, 0.5) is 5.82 Å². The zero-order valence-electron chi connectivity index (χ0n) is 15.6. The quantitative estimate of drug-likeness (QED) is 0.823. The fourth-order valence-corrected chi connectivity index (χ4v) is 3.28. The summed E-state index contributed by atoms with van der Waals surface area (Å²) in [6, 6.07) is 3.65. The molecule has 3 heterocycles. The zero-order chi connectivity index (χ0) is 18.7.